The Bertz CT molecular complexity index is 508. The van der Waals surface area contributed by atoms with E-state index in [0.29, 0.717) is 18.2 Å². The summed E-state index contributed by atoms with van der Waals surface area (Å²) in [4.78, 5) is 13.8. The summed E-state index contributed by atoms with van der Waals surface area (Å²) in [7, 11) is 2.09. The van der Waals surface area contributed by atoms with Crippen molar-refractivity contribution in [3.05, 3.63) is 11.9 Å². The van der Waals surface area contributed by atoms with Crippen molar-refractivity contribution < 1.29 is 14.6 Å². The number of aromatic carboxylic acids is 1. The van der Waals surface area contributed by atoms with Crippen molar-refractivity contribution >= 4 is 5.97 Å². The van der Waals surface area contributed by atoms with E-state index in [9.17, 15) is 9.90 Å². The molecule has 0 radical (unpaired) electrons. The number of carbonyl (C=O) groups is 1. The van der Waals surface area contributed by atoms with Gasteiger partial charge in [0.25, 0.3) is 0 Å². The maximum absolute atomic E-state index is 11.6. The lowest BCUT2D eigenvalue weighted by molar-refractivity contribution is 0.0673. The van der Waals surface area contributed by atoms with Crippen molar-refractivity contribution in [2.24, 2.45) is 5.92 Å². The molecule has 2 fully saturated rings. The minimum absolute atomic E-state index is 0.151. The van der Waals surface area contributed by atoms with Gasteiger partial charge in [-0.15, -0.1) is 0 Å². The van der Waals surface area contributed by atoms with Crippen LogP contribution in [0.15, 0.2) is 6.20 Å². The van der Waals surface area contributed by atoms with Gasteiger partial charge in [0.1, 0.15) is 0 Å². The van der Waals surface area contributed by atoms with E-state index in [1.165, 1.54) is 0 Å². The molecule has 0 bridgehead atoms. The van der Waals surface area contributed by atoms with Gasteiger partial charge in [-0.2, -0.15) is 5.10 Å². The molecule has 116 valence electrons. The van der Waals surface area contributed by atoms with Gasteiger partial charge in [0.05, 0.1) is 12.3 Å². The molecule has 2 aliphatic rings. The van der Waals surface area contributed by atoms with Crippen LogP contribution in [0.25, 0.3) is 0 Å². The monoisotopic (exact) mass is 293 g/mol. The molecule has 1 aromatic heterocycles. The van der Waals surface area contributed by atoms with E-state index in [2.05, 4.69) is 17.0 Å². The third-order valence-electron chi connectivity index (χ3n) is 4.52. The van der Waals surface area contributed by atoms with Crippen LogP contribution in [0.4, 0.5) is 0 Å². The molecule has 1 unspecified atom stereocenters. The number of hydrogen-bond acceptors (Lipinski definition) is 4. The molecule has 0 aromatic carbocycles. The van der Waals surface area contributed by atoms with Crippen molar-refractivity contribution in [2.45, 2.75) is 44.8 Å². The van der Waals surface area contributed by atoms with Gasteiger partial charge in [-0.05, 0) is 51.6 Å². The Morgan fingerprint density at radius 1 is 1.43 bits per heavy atom. The van der Waals surface area contributed by atoms with E-state index in [1.807, 2.05) is 0 Å². The maximum atomic E-state index is 11.6. The fourth-order valence-electron chi connectivity index (χ4n) is 3.41. The summed E-state index contributed by atoms with van der Waals surface area (Å²) in [5, 5.41) is 13.7. The smallest absolute Gasteiger partial charge is 0.358 e. The first kappa shape index (κ1) is 14.4. The summed E-state index contributed by atoms with van der Waals surface area (Å²) < 4.78 is 7.47. The van der Waals surface area contributed by atoms with Crippen LogP contribution in [0, 0.1) is 5.92 Å². The summed E-state index contributed by atoms with van der Waals surface area (Å²) in [6, 6.07) is 0. The van der Waals surface area contributed by atoms with Crippen LogP contribution in [0.5, 0.6) is 5.75 Å². The zero-order valence-corrected chi connectivity index (χ0v) is 12.5. The highest BCUT2D eigenvalue weighted by Crippen LogP contribution is 2.27. The molecule has 3 rings (SSSR count). The van der Waals surface area contributed by atoms with Crippen molar-refractivity contribution in [1.29, 1.82) is 0 Å². The Labute approximate surface area is 124 Å². The molecule has 6 heteroatoms. The van der Waals surface area contributed by atoms with Crippen molar-refractivity contribution in [3.63, 3.8) is 0 Å². The first-order valence-electron chi connectivity index (χ1n) is 7.78. The highest BCUT2D eigenvalue weighted by Gasteiger charge is 2.27. The molecule has 1 aliphatic heterocycles. The lowest BCUT2D eigenvalue weighted by Crippen LogP contribution is -2.20. The SMILES string of the molecule is CN1CCC(Cn2ncc(OC3CCCC3)c2C(=O)O)C1. The molecular weight excluding hydrogens is 270 g/mol. The summed E-state index contributed by atoms with van der Waals surface area (Å²) >= 11 is 0. The number of nitrogens with zero attached hydrogens (tertiary/aromatic N) is 3. The highest BCUT2D eigenvalue weighted by molar-refractivity contribution is 5.88. The Hall–Kier alpha value is -1.56. The molecular formula is C15H23N3O3. The zero-order chi connectivity index (χ0) is 14.8. The van der Waals surface area contributed by atoms with Gasteiger partial charge >= 0.3 is 5.97 Å². The maximum Gasteiger partial charge on any atom is 0.358 e. The zero-order valence-electron chi connectivity index (χ0n) is 12.5. The molecule has 1 saturated heterocycles. The average molecular weight is 293 g/mol. The molecule has 1 saturated carbocycles. The summed E-state index contributed by atoms with van der Waals surface area (Å²) in [6.07, 6.45) is 7.16. The van der Waals surface area contributed by atoms with Crippen molar-refractivity contribution in [1.82, 2.24) is 14.7 Å². The van der Waals surface area contributed by atoms with E-state index in [4.69, 9.17) is 4.74 Å². The quantitative estimate of drug-likeness (QED) is 0.897. The first-order chi connectivity index (χ1) is 10.1. The van der Waals surface area contributed by atoms with Gasteiger partial charge in [0.2, 0.25) is 0 Å². The Kier molecular flexibility index (Phi) is 4.14. The second-order valence-electron chi connectivity index (χ2n) is 6.29. The molecule has 0 amide bonds. The van der Waals surface area contributed by atoms with Gasteiger partial charge in [0.15, 0.2) is 11.4 Å². The second-order valence-corrected chi connectivity index (χ2v) is 6.29. The predicted octanol–water partition coefficient (Wildman–Crippen LogP) is 1.85. The van der Waals surface area contributed by atoms with E-state index in [0.717, 1.165) is 45.2 Å². The third kappa shape index (κ3) is 3.20. The van der Waals surface area contributed by atoms with E-state index >= 15 is 0 Å². The van der Waals surface area contributed by atoms with Gasteiger partial charge in [-0.25, -0.2) is 4.79 Å². The molecule has 2 heterocycles. The second kappa shape index (κ2) is 6.05. The van der Waals surface area contributed by atoms with Crippen LogP contribution in [-0.4, -0.2) is 52.0 Å². The lowest BCUT2D eigenvalue weighted by atomic mass is 10.1. The standard InChI is InChI=1S/C15H23N3O3/c1-17-7-6-11(9-17)10-18-14(15(19)20)13(8-16-18)21-12-4-2-3-5-12/h8,11-12H,2-7,9-10H2,1H3,(H,19,20). The number of ether oxygens (including phenoxy) is 1. The predicted molar refractivity (Wildman–Crippen MR) is 77.7 cm³/mol. The number of carboxylic acids is 1. The minimum Gasteiger partial charge on any atom is -0.486 e. The average Bonchev–Trinajstić information content (AvgIpc) is 3.13. The molecule has 1 N–H and O–H groups in total. The molecule has 1 aliphatic carbocycles. The minimum atomic E-state index is -0.952. The van der Waals surface area contributed by atoms with Gasteiger partial charge in [-0.3, -0.25) is 4.68 Å². The Morgan fingerprint density at radius 3 is 2.81 bits per heavy atom. The molecule has 0 spiro atoms. The molecule has 1 aromatic rings. The first-order valence-corrected chi connectivity index (χ1v) is 7.78. The third-order valence-corrected chi connectivity index (χ3v) is 4.52. The highest BCUT2D eigenvalue weighted by atomic mass is 16.5. The van der Waals surface area contributed by atoms with E-state index < -0.39 is 5.97 Å². The van der Waals surface area contributed by atoms with Crippen molar-refractivity contribution in [2.75, 3.05) is 20.1 Å². The van der Waals surface area contributed by atoms with E-state index in [1.54, 1.807) is 10.9 Å². The Balaban J connectivity index is 1.73. The number of carboxylic acid groups (broad SMARTS) is 1. The Morgan fingerprint density at radius 2 is 2.19 bits per heavy atom. The molecule has 21 heavy (non-hydrogen) atoms. The normalized spacial score (nSPS) is 23.8. The van der Waals surface area contributed by atoms with Crippen LogP contribution < -0.4 is 4.74 Å². The number of aromatic nitrogens is 2. The topological polar surface area (TPSA) is 67.6 Å². The summed E-state index contributed by atoms with van der Waals surface area (Å²) in [5.74, 6) is -0.0556. The van der Waals surface area contributed by atoms with Crippen LogP contribution in [0.1, 0.15) is 42.6 Å². The number of likely N-dealkylation sites (tertiary alicyclic amines) is 1. The fourth-order valence-corrected chi connectivity index (χ4v) is 3.41. The fraction of sp³-hybridized carbons (Fsp3) is 0.733. The van der Waals surface area contributed by atoms with E-state index in [-0.39, 0.29) is 11.8 Å². The van der Waals surface area contributed by atoms with Crippen LogP contribution in [0.2, 0.25) is 0 Å². The number of hydrogen-bond donors (Lipinski definition) is 1. The summed E-state index contributed by atoms with van der Waals surface area (Å²) in [6.45, 7) is 2.72. The van der Waals surface area contributed by atoms with Crippen molar-refractivity contribution in [3.8, 4) is 5.75 Å². The molecule has 6 nitrogen and oxygen atoms in total. The van der Waals surface area contributed by atoms with Gasteiger partial charge in [0, 0.05) is 13.1 Å². The lowest BCUT2D eigenvalue weighted by Gasteiger charge is -2.14. The summed E-state index contributed by atoms with van der Waals surface area (Å²) in [5.41, 5.74) is 0.205. The van der Waals surface area contributed by atoms with Gasteiger partial charge in [-0.1, -0.05) is 0 Å². The largest absolute Gasteiger partial charge is 0.486 e. The van der Waals surface area contributed by atoms with Crippen LogP contribution >= 0.6 is 0 Å². The number of rotatable bonds is 5. The molecule has 1 atom stereocenters. The van der Waals surface area contributed by atoms with Crippen LogP contribution in [0.3, 0.4) is 0 Å². The van der Waals surface area contributed by atoms with Gasteiger partial charge < -0.3 is 14.7 Å². The van der Waals surface area contributed by atoms with Crippen LogP contribution in [-0.2, 0) is 6.54 Å².